The van der Waals surface area contributed by atoms with E-state index in [4.69, 9.17) is 10.5 Å². The minimum atomic E-state index is -0.390. The molecule has 108 valence electrons. The van der Waals surface area contributed by atoms with Crippen LogP contribution in [0.1, 0.15) is 23.6 Å². The summed E-state index contributed by atoms with van der Waals surface area (Å²) in [5.74, 6) is 5.42. The third-order valence-corrected chi connectivity index (χ3v) is 3.09. The molecule has 0 spiro atoms. The van der Waals surface area contributed by atoms with Gasteiger partial charge in [0.15, 0.2) is 11.6 Å². The van der Waals surface area contributed by atoms with Gasteiger partial charge in [-0.05, 0) is 35.7 Å². The maximum Gasteiger partial charge on any atom is 0.165 e. The van der Waals surface area contributed by atoms with E-state index < -0.39 is 5.82 Å². The fourth-order valence-electron chi connectivity index (χ4n) is 1.88. The zero-order chi connectivity index (χ0) is 15.1. The van der Waals surface area contributed by atoms with Crippen molar-refractivity contribution in [1.29, 1.82) is 0 Å². The summed E-state index contributed by atoms with van der Waals surface area (Å²) < 4.78 is 19.3. The molecule has 0 amide bonds. The molecule has 0 radical (unpaired) electrons. The van der Waals surface area contributed by atoms with Crippen molar-refractivity contribution in [1.82, 2.24) is 0 Å². The van der Waals surface area contributed by atoms with Gasteiger partial charge in [-0.3, -0.25) is 0 Å². The number of hydrogen-bond donors (Lipinski definition) is 1. The quantitative estimate of drug-likeness (QED) is 0.874. The van der Waals surface area contributed by atoms with E-state index in [1.165, 1.54) is 11.6 Å². The molecular formula is C18H18FNO. The lowest BCUT2D eigenvalue weighted by molar-refractivity contribution is 0.290. The van der Waals surface area contributed by atoms with Crippen LogP contribution in [-0.4, -0.2) is 6.54 Å². The van der Waals surface area contributed by atoms with Gasteiger partial charge in [0.05, 0.1) is 6.54 Å². The van der Waals surface area contributed by atoms with Crippen molar-refractivity contribution in [2.24, 2.45) is 5.73 Å². The van der Waals surface area contributed by atoms with Crippen molar-refractivity contribution < 1.29 is 9.13 Å². The molecular weight excluding hydrogens is 265 g/mol. The number of hydrogen-bond acceptors (Lipinski definition) is 2. The number of aryl methyl sites for hydroxylation is 1. The molecule has 3 heteroatoms. The Morgan fingerprint density at radius 3 is 2.48 bits per heavy atom. The Morgan fingerprint density at radius 1 is 1.10 bits per heavy atom. The van der Waals surface area contributed by atoms with Crippen molar-refractivity contribution in [3.05, 3.63) is 65.0 Å². The largest absolute Gasteiger partial charge is 0.486 e. The summed E-state index contributed by atoms with van der Waals surface area (Å²) in [6.07, 6.45) is 0.998. The first-order chi connectivity index (χ1) is 10.2. The molecule has 0 aliphatic heterocycles. The number of nitrogens with two attached hydrogens (primary N) is 1. The van der Waals surface area contributed by atoms with Crippen LogP contribution in [0.2, 0.25) is 0 Å². The second-order valence-electron chi connectivity index (χ2n) is 4.61. The van der Waals surface area contributed by atoms with Gasteiger partial charge < -0.3 is 10.5 Å². The summed E-state index contributed by atoms with van der Waals surface area (Å²) >= 11 is 0. The highest BCUT2D eigenvalue weighted by molar-refractivity contribution is 5.41. The fourth-order valence-corrected chi connectivity index (χ4v) is 1.88. The summed E-state index contributed by atoms with van der Waals surface area (Å²) in [7, 11) is 0. The average molecular weight is 283 g/mol. The van der Waals surface area contributed by atoms with Gasteiger partial charge in [0, 0.05) is 5.56 Å². The van der Waals surface area contributed by atoms with E-state index in [-0.39, 0.29) is 12.3 Å². The highest BCUT2D eigenvalue weighted by Crippen LogP contribution is 2.20. The van der Waals surface area contributed by atoms with Crippen LogP contribution in [0.5, 0.6) is 5.75 Å². The second-order valence-corrected chi connectivity index (χ2v) is 4.61. The molecule has 2 nitrogen and oxygen atoms in total. The number of benzene rings is 2. The monoisotopic (exact) mass is 283 g/mol. The molecule has 2 aromatic rings. The fraction of sp³-hybridized carbons (Fsp3) is 0.222. The molecule has 0 fully saturated rings. The van der Waals surface area contributed by atoms with Crippen LogP contribution in [0.25, 0.3) is 0 Å². The van der Waals surface area contributed by atoms with Crippen LogP contribution < -0.4 is 10.5 Å². The van der Waals surface area contributed by atoms with E-state index >= 15 is 0 Å². The van der Waals surface area contributed by atoms with Crippen molar-refractivity contribution in [3.8, 4) is 17.6 Å². The third kappa shape index (κ3) is 4.34. The van der Waals surface area contributed by atoms with Crippen LogP contribution in [0, 0.1) is 17.7 Å². The predicted octanol–water partition coefficient (Wildman–Crippen LogP) is 3.28. The Morgan fingerprint density at radius 2 is 1.81 bits per heavy atom. The van der Waals surface area contributed by atoms with Crippen LogP contribution in [0.4, 0.5) is 4.39 Å². The molecule has 0 aromatic heterocycles. The van der Waals surface area contributed by atoms with Crippen LogP contribution in [0.15, 0.2) is 42.5 Å². The number of rotatable bonds is 4. The SMILES string of the molecule is CCc1ccc(COc2cc(C#CCN)ccc2F)cc1. The summed E-state index contributed by atoms with van der Waals surface area (Å²) in [4.78, 5) is 0. The smallest absolute Gasteiger partial charge is 0.165 e. The molecule has 0 bridgehead atoms. The number of ether oxygens (including phenoxy) is 1. The lowest BCUT2D eigenvalue weighted by Gasteiger charge is -2.08. The van der Waals surface area contributed by atoms with Gasteiger partial charge in [-0.2, -0.15) is 0 Å². The first-order valence-corrected chi connectivity index (χ1v) is 6.92. The van der Waals surface area contributed by atoms with E-state index in [2.05, 4.69) is 30.9 Å². The van der Waals surface area contributed by atoms with E-state index in [0.717, 1.165) is 12.0 Å². The lowest BCUT2D eigenvalue weighted by Crippen LogP contribution is -1.98. The van der Waals surface area contributed by atoms with Crippen molar-refractivity contribution in [2.45, 2.75) is 20.0 Å². The molecule has 0 heterocycles. The van der Waals surface area contributed by atoms with Gasteiger partial charge in [-0.1, -0.05) is 43.0 Å². The topological polar surface area (TPSA) is 35.2 Å². The van der Waals surface area contributed by atoms with Crippen LogP contribution in [-0.2, 0) is 13.0 Å². The van der Waals surface area contributed by atoms with Crippen molar-refractivity contribution in [2.75, 3.05) is 6.54 Å². The predicted molar refractivity (Wildman–Crippen MR) is 82.5 cm³/mol. The molecule has 2 rings (SSSR count). The highest BCUT2D eigenvalue weighted by Gasteiger charge is 2.04. The van der Waals surface area contributed by atoms with Gasteiger partial charge in [-0.25, -0.2) is 4.39 Å². The van der Waals surface area contributed by atoms with Crippen LogP contribution in [0.3, 0.4) is 0 Å². The lowest BCUT2D eigenvalue weighted by atomic mass is 10.1. The Labute approximate surface area is 124 Å². The van der Waals surface area contributed by atoms with Gasteiger partial charge in [0.1, 0.15) is 6.61 Å². The van der Waals surface area contributed by atoms with Gasteiger partial charge in [0.25, 0.3) is 0 Å². The van der Waals surface area contributed by atoms with Crippen molar-refractivity contribution in [3.63, 3.8) is 0 Å². The summed E-state index contributed by atoms with van der Waals surface area (Å²) in [5.41, 5.74) is 8.29. The molecule has 2 N–H and O–H groups in total. The molecule has 0 aliphatic carbocycles. The maximum atomic E-state index is 13.7. The van der Waals surface area contributed by atoms with Gasteiger partial charge in [0.2, 0.25) is 0 Å². The molecule has 0 aliphatic rings. The molecule has 0 saturated carbocycles. The summed E-state index contributed by atoms with van der Waals surface area (Å²) in [6.45, 7) is 2.71. The summed E-state index contributed by atoms with van der Waals surface area (Å²) in [5, 5.41) is 0. The van der Waals surface area contributed by atoms with E-state index in [9.17, 15) is 4.39 Å². The highest BCUT2D eigenvalue weighted by atomic mass is 19.1. The van der Waals surface area contributed by atoms with Crippen molar-refractivity contribution >= 4 is 0 Å². The maximum absolute atomic E-state index is 13.7. The summed E-state index contributed by atoms with van der Waals surface area (Å²) in [6, 6.07) is 12.7. The zero-order valence-corrected chi connectivity index (χ0v) is 12.0. The molecule has 0 atom stereocenters. The minimum absolute atomic E-state index is 0.207. The van der Waals surface area contributed by atoms with E-state index in [0.29, 0.717) is 12.2 Å². The first kappa shape index (κ1) is 15.1. The molecule has 2 aromatic carbocycles. The Balaban J connectivity index is 2.07. The Hall–Kier alpha value is -2.31. The molecule has 0 unspecified atom stereocenters. The Kier molecular flexibility index (Phi) is 5.36. The average Bonchev–Trinajstić information content (AvgIpc) is 2.53. The van der Waals surface area contributed by atoms with Gasteiger partial charge >= 0.3 is 0 Å². The van der Waals surface area contributed by atoms with E-state index in [1.54, 1.807) is 12.1 Å². The van der Waals surface area contributed by atoms with E-state index in [1.807, 2.05) is 12.1 Å². The first-order valence-electron chi connectivity index (χ1n) is 6.92. The normalized spacial score (nSPS) is 9.86. The Bertz CT molecular complexity index is 653. The molecule has 0 saturated heterocycles. The minimum Gasteiger partial charge on any atom is -0.486 e. The second kappa shape index (κ2) is 7.47. The van der Waals surface area contributed by atoms with Crippen LogP contribution >= 0.6 is 0 Å². The van der Waals surface area contributed by atoms with Gasteiger partial charge in [-0.15, -0.1) is 0 Å². The third-order valence-electron chi connectivity index (χ3n) is 3.09. The molecule has 21 heavy (non-hydrogen) atoms. The standard InChI is InChI=1S/C18H18FNO/c1-2-14-5-7-16(8-6-14)13-21-18-12-15(4-3-11-20)9-10-17(18)19/h5-10,12H,2,11,13,20H2,1H3. The zero-order valence-electron chi connectivity index (χ0n) is 12.0. The number of halogens is 1.